The molecule has 3 rings (SSSR count). The lowest BCUT2D eigenvalue weighted by molar-refractivity contribution is -0.121. The van der Waals surface area contributed by atoms with E-state index < -0.39 is 15.8 Å². The van der Waals surface area contributed by atoms with E-state index in [9.17, 15) is 17.6 Å². The molecule has 0 aliphatic rings. The van der Waals surface area contributed by atoms with Crippen LogP contribution in [-0.2, 0) is 34.3 Å². The van der Waals surface area contributed by atoms with Crippen LogP contribution in [0.4, 0.5) is 4.39 Å². The summed E-state index contributed by atoms with van der Waals surface area (Å²) in [5.41, 5.74) is 2.01. The lowest BCUT2D eigenvalue weighted by Gasteiger charge is -2.11. The zero-order valence-corrected chi connectivity index (χ0v) is 19.4. The molecule has 0 bridgehead atoms. The van der Waals surface area contributed by atoms with Crippen molar-refractivity contribution in [2.75, 3.05) is 21.2 Å². The van der Waals surface area contributed by atoms with Crippen LogP contribution in [0.5, 0.6) is 5.75 Å². The van der Waals surface area contributed by atoms with Gasteiger partial charge in [-0.1, -0.05) is 6.07 Å². The van der Waals surface area contributed by atoms with Crippen molar-refractivity contribution < 1.29 is 22.3 Å². The normalized spacial score (nSPS) is 11.8. The van der Waals surface area contributed by atoms with Gasteiger partial charge in [0.25, 0.3) is 0 Å². The van der Waals surface area contributed by atoms with Crippen LogP contribution in [-0.4, -0.2) is 49.4 Å². The van der Waals surface area contributed by atoms with Gasteiger partial charge in [-0.25, -0.2) is 22.1 Å². The second-order valence-electron chi connectivity index (χ2n) is 7.46. The third-order valence-corrected chi connectivity index (χ3v) is 6.99. The highest BCUT2D eigenvalue weighted by atomic mass is 32.2. The molecule has 0 unspecified atom stereocenters. The van der Waals surface area contributed by atoms with Gasteiger partial charge in [0.15, 0.2) is 11.6 Å². The van der Waals surface area contributed by atoms with Crippen molar-refractivity contribution in [1.29, 1.82) is 0 Å². The molecule has 0 spiro atoms. The fourth-order valence-corrected chi connectivity index (χ4v) is 4.33. The third-order valence-electron chi connectivity index (χ3n) is 5.18. The summed E-state index contributed by atoms with van der Waals surface area (Å²) in [5, 5.41) is 2.78. The Labute approximate surface area is 187 Å². The molecule has 1 aromatic heterocycles. The fourth-order valence-electron chi connectivity index (χ4n) is 3.41. The Bertz CT molecular complexity index is 1240. The Morgan fingerprint density at radius 3 is 2.59 bits per heavy atom. The van der Waals surface area contributed by atoms with Gasteiger partial charge in [-0.15, -0.1) is 0 Å². The molecule has 3 aromatic rings. The van der Waals surface area contributed by atoms with Crippen molar-refractivity contribution in [2.45, 2.75) is 37.8 Å². The van der Waals surface area contributed by atoms with E-state index in [0.717, 1.165) is 9.82 Å². The number of nitrogens with zero attached hydrogens (tertiary/aromatic N) is 3. The van der Waals surface area contributed by atoms with Crippen LogP contribution in [0.3, 0.4) is 0 Å². The van der Waals surface area contributed by atoms with Gasteiger partial charge in [0.1, 0.15) is 5.82 Å². The van der Waals surface area contributed by atoms with Gasteiger partial charge in [0.05, 0.1) is 23.0 Å². The van der Waals surface area contributed by atoms with E-state index in [1.807, 2.05) is 11.5 Å². The van der Waals surface area contributed by atoms with E-state index in [4.69, 9.17) is 4.74 Å². The standard InChI is InChI=1S/C22H27FN4O4S/c1-5-27-19-8-7-16(32(29,30)26(2)3)13-18(19)25-21(27)10-11-22(28)24-14-15-6-9-20(31-4)17(23)12-15/h6-9,12-13H,5,10-11,14H2,1-4H3,(H,24,28). The highest BCUT2D eigenvalue weighted by Gasteiger charge is 2.19. The van der Waals surface area contributed by atoms with Crippen LogP contribution >= 0.6 is 0 Å². The summed E-state index contributed by atoms with van der Waals surface area (Å²) < 4.78 is 46.6. The number of aryl methyl sites for hydroxylation is 2. The van der Waals surface area contributed by atoms with Gasteiger partial charge >= 0.3 is 0 Å². The first-order chi connectivity index (χ1) is 15.2. The van der Waals surface area contributed by atoms with Gasteiger partial charge in [0.2, 0.25) is 15.9 Å². The maximum absolute atomic E-state index is 13.8. The zero-order valence-electron chi connectivity index (χ0n) is 18.6. The molecule has 0 atom stereocenters. The van der Waals surface area contributed by atoms with Crippen molar-refractivity contribution >= 4 is 27.0 Å². The van der Waals surface area contributed by atoms with Crippen molar-refractivity contribution in [3.63, 3.8) is 0 Å². The molecule has 32 heavy (non-hydrogen) atoms. The number of carbonyl (C=O) groups excluding carboxylic acids is 1. The monoisotopic (exact) mass is 462 g/mol. The van der Waals surface area contributed by atoms with Gasteiger partial charge in [-0.3, -0.25) is 4.79 Å². The van der Waals surface area contributed by atoms with Crippen molar-refractivity contribution in [3.8, 4) is 5.75 Å². The number of nitrogens with one attached hydrogen (secondary N) is 1. The summed E-state index contributed by atoms with van der Waals surface area (Å²) in [7, 11) is 0.795. The summed E-state index contributed by atoms with van der Waals surface area (Å²) in [6.45, 7) is 2.81. The second kappa shape index (κ2) is 9.66. The molecule has 2 aromatic carbocycles. The first-order valence-corrected chi connectivity index (χ1v) is 11.6. The van der Waals surface area contributed by atoms with E-state index >= 15 is 0 Å². The molecule has 10 heteroatoms. The number of benzene rings is 2. The van der Waals surface area contributed by atoms with Gasteiger partial charge in [-0.05, 0) is 42.8 Å². The molecule has 0 fully saturated rings. The maximum atomic E-state index is 13.8. The van der Waals surface area contributed by atoms with Crippen molar-refractivity contribution in [2.24, 2.45) is 0 Å². The summed E-state index contributed by atoms with van der Waals surface area (Å²) in [4.78, 5) is 17.1. The molecule has 1 N–H and O–H groups in total. The molecule has 0 radical (unpaired) electrons. The SMILES string of the molecule is CCn1c(CCC(=O)NCc2ccc(OC)c(F)c2)nc2cc(S(=O)(=O)N(C)C)ccc21. The number of ether oxygens (including phenoxy) is 1. The quantitative estimate of drug-likeness (QED) is 0.528. The number of sulfonamides is 1. The van der Waals surface area contributed by atoms with E-state index in [0.29, 0.717) is 29.9 Å². The van der Waals surface area contributed by atoms with Crippen LogP contribution in [0, 0.1) is 5.82 Å². The van der Waals surface area contributed by atoms with Crippen molar-refractivity contribution in [1.82, 2.24) is 19.2 Å². The third kappa shape index (κ3) is 4.91. The predicted molar refractivity (Wildman–Crippen MR) is 119 cm³/mol. The molecule has 0 saturated heterocycles. The Morgan fingerprint density at radius 1 is 1.22 bits per heavy atom. The molecular weight excluding hydrogens is 435 g/mol. The number of carbonyl (C=O) groups is 1. The molecule has 0 saturated carbocycles. The van der Waals surface area contributed by atoms with Crippen molar-refractivity contribution in [3.05, 3.63) is 53.6 Å². The Kier molecular flexibility index (Phi) is 7.15. The summed E-state index contributed by atoms with van der Waals surface area (Å²) in [6, 6.07) is 9.40. The van der Waals surface area contributed by atoms with Gasteiger partial charge in [0, 0.05) is 40.0 Å². The number of rotatable bonds is 9. The maximum Gasteiger partial charge on any atom is 0.242 e. The summed E-state index contributed by atoms with van der Waals surface area (Å²) >= 11 is 0. The van der Waals surface area contributed by atoms with E-state index in [2.05, 4.69) is 10.3 Å². The first-order valence-electron chi connectivity index (χ1n) is 10.2. The highest BCUT2D eigenvalue weighted by molar-refractivity contribution is 7.89. The number of imidazole rings is 1. The predicted octanol–water partition coefficient (Wildman–Crippen LogP) is 2.70. The van der Waals surface area contributed by atoms with E-state index in [-0.39, 0.29) is 29.5 Å². The molecule has 8 nitrogen and oxygen atoms in total. The number of aromatic nitrogens is 2. The smallest absolute Gasteiger partial charge is 0.242 e. The minimum absolute atomic E-state index is 0.153. The minimum atomic E-state index is -3.56. The lowest BCUT2D eigenvalue weighted by atomic mass is 10.2. The largest absolute Gasteiger partial charge is 0.494 e. The van der Waals surface area contributed by atoms with Crippen LogP contribution in [0.25, 0.3) is 11.0 Å². The molecule has 0 aliphatic heterocycles. The van der Waals surface area contributed by atoms with Crippen LogP contribution < -0.4 is 10.1 Å². The summed E-state index contributed by atoms with van der Waals surface area (Å²) in [6.07, 6.45) is 0.589. The van der Waals surface area contributed by atoms with E-state index in [1.165, 1.54) is 33.3 Å². The number of halogens is 1. The number of hydrogen-bond acceptors (Lipinski definition) is 5. The Hall–Kier alpha value is -2.98. The van der Waals surface area contributed by atoms with Crippen LogP contribution in [0.1, 0.15) is 24.7 Å². The van der Waals surface area contributed by atoms with Gasteiger partial charge < -0.3 is 14.6 Å². The zero-order chi connectivity index (χ0) is 23.5. The number of fused-ring (bicyclic) bond motifs is 1. The molecule has 172 valence electrons. The average Bonchev–Trinajstić information content (AvgIpc) is 3.12. The minimum Gasteiger partial charge on any atom is -0.494 e. The number of amides is 1. The average molecular weight is 463 g/mol. The Balaban J connectivity index is 1.70. The van der Waals surface area contributed by atoms with Crippen LogP contribution in [0.15, 0.2) is 41.3 Å². The fraction of sp³-hybridized carbons (Fsp3) is 0.364. The first kappa shape index (κ1) is 23.7. The second-order valence-corrected chi connectivity index (χ2v) is 9.61. The highest BCUT2D eigenvalue weighted by Crippen LogP contribution is 2.23. The Morgan fingerprint density at radius 2 is 1.97 bits per heavy atom. The number of methoxy groups -OCH3 is 1. The summed E-state index contributed by atoms with van der Waals surface area (Å²) in [5.74, 6) is 0.186. The molecule has 0 aliphatic carbocycles. The van der Waals surface area contributed by atoms with Crippen LogP contribution in [0.2, 0.25) is 0 Å². The van der Waals surface area contributed by atoms with E-state index in [1.54, 1.807) is 24.3 Å². The van der Waals surface area contributed by atoms with Gasteiger partial charge in [-0.2, -0.15) is 0 Å². The number of hydrogen-bond donors (Lipinski definition) is 1. The topological polar surface area (TPSA) is 93.5 Å². The lowest BCUT2D eigenvalue weighted by Crippen LogP contribution is -2.23. The molecular formula is C22H27FN4O4S. The molecule has 1 amide bonds. The molecule has 1 heterocycles.